The van der Waals surface area contributed by atoms with Gasteiger partial charge in [-0.25, -0.2) is 5.43 Å². The molecule has 0 saturated carbocycles. The highest BCUT2D eigenvalue weighted by atomic mass is 35.5. The molecule has 0 aliphatic rings. The number of carbonyl (C=O) groups excluding carboxylic acids is 1. The van der Waals surface area contributed by atoms with E-state index in [1.165, 1.54) is 6.21 Å². The number of carbonyl (C=O) groups is 1. The lowest BCUT2D eigenvalue weighted by Gasteiger charge is -2.12. The first-order valence-corrected chi connectivity index (χ1v) is 10.5. The zero-order valence-electron chi connectivity index (χ0n) is 17.7. The van der Waals surface area contributed by atoms with Gasteiger partial charge in [0.15, 0.2) is 0 Å². The van der Waals surface area contributed by atoms with Crippen LogP contribution in [0.25, 0.3) is 16.9 Å². The number of aromatic nitrogens is 1. The van der Waals surface area contributed by atoms with Crippen LogP contribution in [0.1, 0.15) is 21.6 Å². The Balaban J connectivity index is 1.51. The van der Waals surface area contributed by atoms with Crippen molar-refractivity contribution in [1.29, 1.82) is 0 Å². The van der Waals surface area contributed by atoms with Gasteiger partial charge in [0.1, 0.15) is 5.75 Å². The molecule has 0 saturated heterocycles. The number of hydrazone groups is 1. The van der Waals surface area contributed by atoms with E-state index >= 15 is 0 Å². The molecule has 4 rings (SSSR count). The van der Waals surface area contributed by atoms with Gasteiger partial charge in [0.2, 0.25) is 0 Å². The van der Waals surface area contributed by atoms with Crippen LogP contribution in [0.3, 0.4) is 0 Å². The lowest BCUT2D eigenvalue weighted by molar-refractivity contribution is 0.0955. The maximum atomic E-state index is 12.5. The monoisotopic (exact) mass is 443 g/mol. The molecule has 0 unspecified atom stereocenters. The van der Waals surface area contributed by atoms with Crippen LogP contribution in [0.5, 0.6) is 5.75 Å². The summed E-state index contributed by atoms with van der Waals surface area (Å²) in [5.74, 6) is 0.314. The quantitative estimate of drug-likeness (QED) is 0.299. The Morgan fingerprint density at radius 1 is 1.00 bits per heavy atom. The molecule has 1 amide bonds. The minimum absolute atomic E-state index is 0.304. The zero-order chi connectivity index (χ0) is 22.5. The third-order valence-corrected chi connectivity index (χ3v) is 5.33. The number of ether oxygens (including phenoxy) is 1. The van der Waals surface area contributed by atoms with Crippen molar-refractivity contribution in [2.45, 2.75) is 6.92 Å². The van der Waals surface area contributed by atoms with E-state index < -0.39 is 0 Å². The summed E-state index contributed by atoms with van der Waals surface area (Å²) in [5, 5.41) is 4.60. The Bertz CT molecular complexity index is 1260. The molecule has 0 aliphatic carbocycles. The molecular formula is C26H22ClN3O2. The van der Waals surface area contributed by atoms with Gasteiger partial charge in [0, 0.05) is 27.5 Å². The van der Waals surface area contributed by atoms with Crippen LogP contribution in [0, 0.1) is 6.92 Å². The van der Waals surface area contributed by atoms with E-state index in [4.69, 9.17) is 16.3 Å². The molecule has 0 spiro atoms. The summed E-state index contributed by atoms with van der Waals surface area (Å²) in [6.45, 7) is 2.06. The van der Waals surface area contributed by atoms with Gasteiger partial charge in [0.05, 0.1) is 19.0 Å². The van der Waals surface area contributed by atoms with Crippen LogP contribution in [0.2, 0.25) is 5.02 Å². The predicted octanol–water partition coefficient (Wildman–Crippen LogP) is 5.88. The molecule has 1 heterocycles. The van der Waals surface area contributed by atoms with E-state index in [-0.39, 0.29) is 5.91 Å². The molecule has 0 bridgehead atoms. The molecule has 3 aromatic carbocycles. The summed E-state index contributed by atoms with van der Waals surface area (Å²) in [5.41, 5.74) is 8.05. The fraction of sp³-hybridized carbons (Fsp3) is 0.0769. The molecule has 32 heavy (non-hydrogen) atoms. The molecule has 160 valence electrons. The second-order valence-corrected chi connectivity index (χ2v) is 7.63. The van der Waals surface area contributed by atoms with Gasteiger partial charge in [-0.2, -0.15) is 5.10 Å². The van der Waals surface area contributed by atoms with Crippen LogP contribution in [0.15, 0.2) is 90.0 Å². The van der Waals surface area contributed by atoms with Crippen LogP contribution in [-0.2, 0) is 0 Å². The van der Waals surface area contributed by atoms with E-state index in [0.717, 1.165) is 22.6 Å². The van der Waals surface area contributed by atoms with Crippen molar-refractivity contribution in [2.75, 3.05) is 7.11 Å². The van der Waals surface area contributed by atoms with Crippen molar-refractivity contribution in [2.24, 2.45) is 5.10 Å². The summed E-state index contributed by atoms with van der Waals surface area (Å²) in [6.07, 6.45) is 1.51. The van der Waals surface area contributed by atoms with Gasteiger partial charge in [-0.05, 0) is 67.1 Å². The third-order valence-electron chi connectivity index (χ3n) is 5.09. The molecule has 1 N–H and O–H groups in total. The van der Waals surface area contributed by atoms with Crippen LogP contribution in [-0.4, -0.2) is 23.8 Å². The normalized spacial score (nSPS) is 11.0. The fourth-order valence-electron chi connectivity index (χ4n) is 3.51. The van der Waals surface area contributed by atoms with Crippen LogP contribution < -0.4 is 10.2 Å². The SMILES string of the molecule is COc1ccc(Cl)cc1/C=N/NC(=O)c1ccc(-n2c(C)ccc2-c2ccccc2)cc1. The average Bonchev–Trinajstić information content (AvgIpc) is 3.21. The highest BCUT2D eigenvalue weighted by molar-refractivity contribution is 6.30. The minimum atomic E-state index is -0.304. The number of aryl methyl sites for hydroxylation is 1. The molecule has 6 heteroatoms. The zero-order valence-corrected chi connectivity index (χ0v) is 18.5. The second-order valence-electron chi connectivity index (χ2n) is 7.19. The Labute approximate surface area is 191 Å². The van der Waals surface area contributed by atoms with Gasteiger partial charge in [-0.3, -0.25) is 4.79 Å². The van der Waals surface area contributed by atoms with E-state index in [0.29, 0.717) is 21.9 Å². The Morgan fingerprint density at radius 3 is 2.47 bits per heavy atom. The van der Waals surface area contributed by atoms with Gasteiger partial charge < -0.3 is 9.30 Å². The first-order chi connectivity index (χ1) is 15.6. The van der Waals surface area contributed by atoms with Crippen molar-refractivity contribution in [1.82, 2.24) is 9.99 Å². The molecular weight excluding hydrogens is 422 g/mol. The molecule has 4 aromatic rings. The van der Waals surface area contributed by atoms with Crippen molar-refractivity contribution >= 4 is 23.7 Å². The van der Waals surface area contributed by atoms with Gasteiger partial charge in [-0.15, -0.1) is 0 Å². The standard InChI is InChI=1S/C26H22ClN3O2/c1-18-8-14-24(19-6-4-3-5-7-19)30(18)23-12-9-20(10-13-23)26(31)29-28-17-21-16-22(27)11-15-25(21)32-2/h3-17H,1-2H3,(H,29,31)/b28-17+. The maximum Gasteiger partial charge on any atom is 0.271 e. The first kappa shape index (κ1) is 21.4. The Kier molecular flexibility index (Phi) is 6.38. The van der Waals surface area contributed by atoms with Gasteiger partial charge in [-0.1, -0.05) is 41.9 Å². The van der Waals surface area contributed by atoms with Crippen LogP contribution >= 0.6 is 11.6 Å². The topological polar surface area (TPSA) is 55.6 Å². The highest BCUT2D eigenvalue weighted by Crippen LogP contribution is 2.26. The van der Waals surface area contributed by atoms with Crippen molar-refractivity contribution in [3.05, 3.63) is 107 Å². The smallest absolute Gasteiger partial charge is 0.271 e. The number of hydrogen-bond acceptors (Lipinski definition) is 3. The fourth-order valence-corrected chi connectivity index (χ4v) is 3.69. The molecule has 0 radical (unpaired) electrons. The molecule has 0 aliphatic heterocycles. The lowest BCUT2D eigenvalue weighted by Crippen LogP contribution is -2.17. The number of benzene rings is 3. The van der Waals surface area contributed by atoms with E-state index in [2.05, 4.69) is 46.3 Å². The third kappa shape index (κ3) is 4.58. The maximum absolute atomic E-state index is 12.5. The Morgan fingerprint density at radius 2 is 1.75 bits per heavy atom. The molecule has 0 atom stereocenters. The number of halogens is 1. The number of methoxy groups -OCH3 is 1. The van der Waals surface area contributed by atoms with E-state index in [9.17, 15) is 4.79 Å². The van der Waals surface area contributed by atoms with Crippen molar-refractivity contribution < 1.29 is 9.53 Å². The van der Waals surface area contributed by atoms with Gasteiger partial charge in [0.25, 0.3) is 5.91 Å². The minimum Gasteiger partial charge on any atom is -0.496 e. The molecule has 1 aromatic heterocycles. The molecule has 5 nitrogen and oxygen atoms in total. The van der Waals surface area contributed by atoms with Gasteiger partial charge >= 0.3 is 0 Å². The Hall–Kier alpha value is -3.83. The van der Waals surface area contributed by atoms with Crippen LogP contribution in [0.4, 0.5) is 0 Å². The number of amides is 1. The summed E-state index contributed by atoms with van der Waals surface area (Å²) >= 11 is 6.02. The second kappa shape index (κ2) is 9.54. The molecule has 0 fully saturated rings. The first-order valence-electron chi connectivity index (χ1n) is 10.1. The summed E-state index contributed by atoms with van der Waals surface area (Å²) in [4.78, 5) is 12.5. The van der Waals surface area contributed by atoms with Crippen molar-refractivity contribution in [3.63, 3.8) is 0 Å². The highest BCUT2D eigenvalue weighted by Gasteiger charge is 2.11. The summed E-state index contributed by atoms with van der Waals surface area (Å²) < 4.78 is 7.44. The summed E-state index contributed by atoms with van der Waals surface area (Å²) in [7, 11) is 1.57. The van der Waals surface area contributed by atoms with E-state index in [1.807, 2.05) is 30.3 Å². The van der Waals surface area contributed by atoms with E-state index in [1.54, 1.807) is 37.4 Å². The number of hydrogen-bond donors (Lipinski definition) is 1. The van der Waals surface area contributed by atoms with Crippen molar-refractivity contribution in [3.8, 4) is 22.7 Å². The predicted molar refractivity (Wildman–Crippen MR) is 129 cm³/mol. The number of nitrogens with zero attached hydrogens (tertiary/aromatic N) is 2. The average molecular weight is 444 g/mol. The number of rotatable bonds is 6. The largest absolute Gasteiger partial charge is 0.496 e. The number of nitrogens with one attached hydrogen (secondary N) is 1. The summed E-state index contributed by atoms with van der Waals surface area (Å²) in [6, 6.07) is 27.0. The lowest BCUT2D eigenvalue weighted by atomic mass is 10.1.